The lowest BCUT2D eigenvalue weighted by Gasteiger charge is -2.02. The molecule has 2 amide bonds. The Balaban J connectivity index is 3.43. The van der Waals surface area contributed by atoms with E-state index in [4.69, 9.17) is 5.26 Å². The van der Waals surface area contributed by atoms with Gasteiger partial charge < -0.3 is 10.6 Å². The molecular weight excluding hydrogens is 182 g/mol. The van der Waals surface area contributed by atoms with E-state index in [9.17, 15) is 9.59 Å². The van der Waals surface area contributed by atoms with E-state index < -0.39 is 0 Å². The van der Waals surface area contributed by atoms with Crippen LogP contribution in [-0.4, -0.2) is 24.9 Å². The first-order chi connectivity index (χ1) is 6.70. The molecule has 0 rings (SSSR count). The van der Waals surface area contributed by atoms with Crippen LogP contribution in [0.4, 0.5) is 0 Å². The first-order valence-electron chi connectivity index (χ1n) is 4.25. The Bertz CT molecular complexity index is 266. The van der Waals surface area contributed by atoms with E-state index in [2.05, 4.69) is 10.6 Å². The van der Waals surface area contributed by atoms with Crippen molar-refractivity contribution in [2.24, 2.45) is 0 Å². The molecule has 0 atom stereocenters. The Kier molecular flexibility index (Phi) is 6.78. The Morgan fingerprint density at radius 3 is 2.57 bits per heavy atom. The van der Waals surface area contributed by atoms with E-state index in [1.165, 1.54) is 6.08 Å². The molecule has 0 aromatic rings. The van der Waals surface area contributed by atoms with Gasteiger partial charge in [0.2, 0.25) is 11.8 Å². The number of hydrogen-bond acceptors (Lipinski definition) is 3. The highest BCUT2D eigenvalue weighted by Gasteiger charge is 1.98. The summed E-state index contributed by atoms with van der Waals surface area (Å²) in [5.41, 5.74) is 0. The van der Waals surface area contributed by atoms with Gasteiger partial charge >= 0.3 is 0 Å². The standard InChI is InChI=1S/C9H13N3O2/c1-2-3-8(13)11-6-7-12-9(14)4-5-10/h2-3H,4,6-7H2,1H3,(H,11,13)(H,12,14)/b3-2+. The van der Waals surface area contributed by atoms with E-state index in [0.717, 1.165) is 0 Å². The third-order valence-electron chi connectivity index (χ3n) is 1.30. The zero-order valence-electron chi connectivity index (χ0n) is 8.04. The molecule has 0 heterocycles. The number of nitriles is 1. The van der Waals surface area contributed by atoms with Gasteiger partial charge in [-0.3, -0.25) is 9.59 Å². The summed E-state index contributed by atoms with van der Waals surface area (Å²) in [5.74, 6) is -0.519. The van der Waals surface area contributed by atoms with Gasteiger partial charge in [0.25, 0.3) is 0 Å². The molecule has 0 bridgehead atoms. The number of carbonyl (C=O) groups is 2. The fourth-order valence-electron chi connectivity index (χ4n) is 0.732. The monoisotopic (exact) mass is 195 g/mol. The SMILES string of the molecule is C/C=C/C(=O)NCCNC(=O)CC#N. The van der Waals surface area contributed by atoms with Gasteiger partial charge in [-0.25, -0.2) is 0 Å². The Hall–Kier alpha value is -1.83. The molecule has 14 heavy (non-hydrogen) atoms. The summed E-state index contributed by atoms with van der Waals surface area (Å²) in [6, 6.07) is 1.73. The zero-order valence-corrected chi connectivity index (χ0v) is 8.04. The number of amides is 2. The number of allylic oxidation sites excluding steroid dienone is 1. The predicted molar refractivity (Wildman–Crippen MR) is 51.1 cm³/mol. The van der Waals surface area contributed by atoms with E-state index in [1.54, 1.807) is 19.1 Å². The molecule has 2 N–H and O–H groups in total. The van der Waals surface area contributed by atoms with Gasteiger partial charge in [0.1, 0.15) is 6.42 Å². The lowest BCUT2D eigenvalue weighted by Crippen LogP contribution is -2.33. The number of nitrogens with zero attached hydrogens (tertiary/aromatic N) is 1. The number of nitrogens with one attached hydrogen (secondary N) is 2. The molecule has 76 valence electrons. The first kappa shape index (κ1) is 12.2. The van der Waals surface area contributed by atoms with Crippen LogP contribution in [0.3, 0.4) is 0 Å². The van der Waals surface area contributed by atoms with Gasteiger partial charge in [-0.05, 0) is 13.0 Å². The highest BCUT2D eigenvalue weighted by molar-refractivity contribution is 5.87. The maximum absolute atomic E-state index is 10.9. The van der Waals surface area contributed by atoms with Crippen LogP contribution in [0.2, 0.25) is 0 Å². The number of rotatable bonds is 5. The minimum atomic E-state index is -0.326. The minimum Gasteiger partial charge on any atom is -0.353 e. The van der Waals surface area contributed by atoms with Crippen molar-refractivity contribution in [3.63, 3.8) is 0 Å². The third kappa shape index (κ3) is 6.85. The molecule has 0 aromatic carbocycles. The normalized spacial score (nSPS) is 9.43. The van der Waals surface area contributed by atoms with Crippen molar-refractivity contribution in [1.82, 2.24) is 10.6 Å². The number of carbonyl (C=O) groups excluding carboxylic acids is 2. The molecule has 0 unspecified atom stereocenters. The van der Waals surface area contributed by atoms with E-state index >= 15 is 0 Å². The molecule has 0 radical (unpaired) electrons. The average Bonchev–Trinajstić information content (AvgIpc) is 2.13. The lowest BCUT2D eigenvalue weighted by molar-refractivity contribution is -0.120. The molecule has 0 aromatic heterocycles. The maximum atomic E-state index is 10.9. The van der Waals surface area contributed by atoms with Crippen molar-refractivity contribution in [1.29, 1.82) is 5.26 Å². The van der Waals surface area contributed by atoms with Crippen molar-refractivity contribution in [2.75, 3.05) is 13.1 Å². The van der Waals surface area contributed by atoms with Crippen LogP contribution >= 0.6 is 0 Å². The summed E-state index contributed by atoms with van der Waals surface area (Å²) in [6.07, 6.45) is 2.88. The summed E-state index contributed by atoms with van der Waals surface area (Å²) < 4.78 is 0. The highest BCUT2D eigenvalue weighted by atomic mass is 16.2. The van der Waals surface area contributed by atoms with Gasteiger partial charge in [-0.1, -0.05) is 6.08 Å². The summed E-state index contributed by atoms with van der Waals surface area (Å²) in [4.78, 5) is 21.6. The topological polar surface area (TPSA) is 82.0 Å². The molecule has 5 heteroatoms. The predicted octanol–water partition coefficient (Wildman–Crippen LogP) is -0.291. The molecule has 0 aliphatic heterocycles. The second kappa shape index (κ2) is 7.80. The number of hydrogen-bond donors (Lipinski definition) is 2. The van der Waals surface area contributed by atoms with Gasteiger partial charge in [-0.15, -0.1) is 0 Å². The summed E-state index contributed by atoms with van der Waals surface area (Å²) in [7, 11) is 0. The summed E-state index contributed by atoms with van der Waals surface area (Å²) in [5, 5.41) is 13.2. The Morgan fingerprint density at radius 1 is 1.36 bits per heavy atom. The quantitative estimate of drug-likeness (QED) is 0.467. The molecule has 0 aliphatic rings. The fourth-order valence-corrected chi connectivity index (χ4v) is 0.732. The van der Waals surface area contributed by atoms with Crippen molar-refractivity contribution in [3.8, 4) is 6.07 Å². The van der Waals surface area contributed by atoms with Crippen molar-refractivity contribution in [3.05, 3.63) is 12.2 Å². The second-order valence-electron chi connectivity index (χ2n) is 2.48. The van der Waals surface area contributed by atoms with E-state index in [-0.39, 0.29) is 18.2 Å². The Morgan fingerprint density at radius 2 is 2.00 bits per heavy atom. The smallest absolute Gasteiger partial charge is 0.243 e. The Labute approximate surface area is 82.8 Å². The van der Waals surface area contributed by atoms with Crippen molar-refractivity contribution in [2.45, 2.75) is 13.3 Å². The average molecular weight is 195 g/mol. The van der Waals surface area contributed by atoms with Crippen molar-refractivity contribution >= 4 is 11.8 Å². The largest absolute Gasteiger partial charge is 0.353 e. The molecule has 0 fully saturated rings. The highest BCUT2D eigenvalue weighted by Crippen LogP contribution is 1.74. The third-order valence-corrected chi connectivity index (χ3v) is 1.30. The van der Waals surface area contributed by atoms with Crippen LogP contribution in [0, 0.1) is 11.3 Å². The molecule has 0 saturated heterocycles. The zero-order chi connectivity index (χ0) is 10.8. The van der Waals surface area contributed by atoms with Gasteiger partial charge in [0, 0.05) is 13.1 Å². The fraction of sp³-hybridized carbons (Fsp3) is 0.444. The van der Waals surface area contributed by atoms with E-state index in [1.807, 2.05) is 0 Å². The van der Waals surface area contributed by atoms with E-state index in [0.29, 0.717) is 13.1 Å². The molecule has 0 aliphatic carbocycles. The molecule has 5 nitrogen and oxygen atoms in total. The molecular formula is C9H13N3O2. The van der Waals surface area contributed by atoms with Crippen LogP contribution in [-0.2, 0) is 9.59 Å². The van der Waals surface area contributed by atoms with Gasteiger partial charge in [0.05, 0.1) is 6.07 Å². The van der Waals surface area contributed by atoms with Gasteiger partial charge in [-0.2, -0.15) is 5.26 Å². The molecule has 0 spiro atoms. The van der Waals surface area contributed by atoms with Crippen LogP contribution in [0.25, 0.3) is 0 Å². The second-order valence-corrected chi connectivity index (χ2v) is 2.48. The maximum Gasteiger partial charge on any atom is 0.243 e. The van der Waals surface area contributed by atoms with Crippen LogP contribution < -0.4 is 10.6 Å². The summed E-state index contributed by atoms with van der Waals surface area (Å²) >= 11 is 0. The van der Waals surface area contributed by atoms with Crippen LogP contribution in [0.15, 0.2) is 12.2 Å². The van der Waals surface area contributed by atoms with Crippen LogP contribution in [0.1, 0.15) is 13.3 Å². The lowest BCUT2D eigenvalue weighted by atomic mass is 10.4. The molecule has 0 saturated carbocycles. The van der Waals surface area contributed by atoms with Crippen molar-refractivity contribution < 1.29 is 9.59 Å². The van der Waals surface area contributed by atoms with Gasteiger partial charge in [0.15, 0.2) is 0 Å². The van der Waals surface area contributed by atoms with Crippen LogP contribution in [0.5, 0.6) is 0 Å². The minimum absolute atomic E-state index is 0.150. The first-order valence-corrected chi connectivity index (χ1v) is 4.25. The summed E-state index contributed by atoms with van der Waals surface area (Å²) in [6.45, 7) is 2.44.